The van der Waals surface area contributed by atoms with E-state index in [2.05, 4.69) is 10.1 Å². The largest absolute Gasteiger partial charge is 0.339 e. The lowest BCUT2D eigenvalue weighted by Crippen LogP contribution is -2.30. The number of amides is 1. The van der Waals surface area contributed by atoms with E-state index >= 15 is 0 Å². The molecule has 0 bridgehead atoms. The van der Waals surface area contributed by atoms with Crippen molar-refractivity contribution < 1.29 is 9.18 Å². The monoisotopic (exact) mass is 276 g/mol. The smallest absolute Gasteiger partial charge is 0.224 e. The number of rotatable bonds is 5. The van der Waals surface area contributed by atoms with Crippen LogP contribution in [0.5, 0.6) is 0 Å². The minimum absolute atomic E-state index is 0.0114. The first-order valence-electron chi connectivity index (χ1n) is 6.41. The molecule has 1 heterocycles. The highest BCUT2D eigenvalue weighted by Crippen LogP contribution is 2.19. The van der Waals surface area contributed by atoms with Crippen molar-refractivity contribution in [3.63, 3.8) is 0 Å². The minimum Gasteiger partial charge on any atom is -0.339 e. The maximum Gasteiger partial charge on any atom is 0.224 e. The van der Waals surface area contributed by atoms with Gasteiger partial charge in [0.05, 0.1) is 12.6 Å². The number of halogens is 1. The molecule has 6 heteroatoms. The second kappa shape index (κ2) is 6.27. The van der Waals surface area contributed by atoms with Crippen LogP contribution in [0.3, 0.4) is 0 Å². The topological polar surface area (TPSA) is 51.0 Å². The molecule has 0 aliphatic rings. The van der Waals surface area contributed by atoms with Crippen molar-refractivity contribution in [2.75, 3.05) is 7.05 Å². The SMILES string of the molecule is CC(c1ccc(F)cc1)N(C)C(=O)CCn1cncn1. The maximum atomic E-state index is 12.9. The molecular formula is C14H17FN4O. The molecule has 5 nitrogen and oxygen atoms in total. The summed E-state index contributed by atoms with van der Waals surface area (Å²) in [5.41, 5.74) is 0.906. The van der Waals surface area contributed by atoms with Gasteiger partial charge >= 0.3 is 0 Å². The fourth-order valence-electron chi connectivity index (χ4n) is 1.92. The van der Waals surface area contributed by atoms with Gasteiger partial charge in [0.25, 0.3) is 0 Å². The normalized spacial score (nSPS) is 12.2. The number of benzene rings is 1. The summed E-state index contributed by atoms with van der Waals surface area (Å²) in [5.74, 6) is -0.265. The van der Waals surface area contributed by atoms with Gasteiger partial charge in [-0.1, -0.05) is 12.1 Å². The Balaban J connectivity index is 1.93. The standard InChI is InChI=1S/C14H17FN4O/c1-11(12-3-5-13(15)6-4-12)18(2)14(20)7-8-19-10-16-9-17-19/h3-6,9-11H,7-8H2,1-2H3. The van der Waals surface area contributed by atoms with Crippen molar-refractivity contribution in [1.82, 2.24) is 19.7 Å². The van der Waals surface area contributed by atoms with Crippen LogP contribution in [0.2, 0.25) is 0 Å². The predicted octanol–water partition coefficient (Wildman–Crippen LogP) is 2.03. The third-order valence-electron chi connectivity index (χ3n) is 3.35. The maximum absolute atomic E-state index is 12.9. The molecule has 1 aromatic carbocycles. The Hall–Kier alpha value is -2.24. The summed E-state index contributed by atoms with van der Waals surface area (Å²) in [6, 6.07) is 6.10. The number of carbonyl (C=O) groups excluding carboxylic acids is 1. The van der Waals surface area contributed by atoms with E-state index in [0.29, 0.717) is 13.0 Å². The van der Waals surface area contributed by atoms with Crippen LogP contribution in [0.4, 0.5) is 4.39 Å². The van der Waals surface area contributed by atoms with Gasteiger partial charge in [0.15, 0.2) is 0 Å². The Labute approximate surface area is 117 Å². The van der Waals surface area contributed by atoms with Crippen molar-refractivity contribution in [3.05, 3.63) is 48.3 Å². The summed E-state index contributed by atoms with van der Waals surface area (Å²) in [7, 11) is 1.75. The fourth-order valence-corrected chi connectivity index (χ4v) is 1.92. The molecule has 0 saturated heterocycles. The summed E-state index contributed by atoms with van der Waals surface area (Å²) < 4.78 is 14.5. The molecule has 0 aliphatic carbocycles. The van der Waals surface area contributed by atoms with Crippen molar-refractivity contribution in [1.29, 1.82) is 0 Å². The van der Waals surface area contributed by atoms with Gasteiger partial charge in [-0.3, -0.25) is 9.48 Å². The van der Waals surface area contributed by atoms with Crippen molar-refractivity contribution in [2.45, 2.75) is 25.9 Å². The molecule has 1 unspecified atom stereocenters. The van der Waals surface area contributed by atoms with Gasteiger partial charge in [0.1, 0.15) is 18.5 Å². The molecule has 0 fully saturated rings. The summed E-state index contributed by atoms with van der Waals surface area (Å²) in [6.45, 7) is 2.42. The van der Waals surface area contributed by atoms with Crippen LogP contribution < -0.4 is 0 Å². The van der Waals surface area contributed by atoms with E-state index in [1.54, 1.807) is 35.1 Å². The van der Waals surface area contributed by atoms with Gasteiger partial charge in [-0.05, 0) is 24.6 Å². The Morgan fingerprint density at radius 1 is 1.40 bits per heavy atom. The number of aryl methyl sites for hydroxylation is 1. The zero-order valence-corrected chi connectivity index (χ0v) is 11.5. The van der Waals surface area contributed by atoms with Gasteiger partial charge in [-0.25, -0.2) is 9.37 Å². The van der Waals surface area contributed by atoms with E-state index in [1.165, 1.54) is 18.5 Å². The lowest BCUT2D eigenvalue weighted by molar-refractivity contribution is -0.132. The second-order valence-corrected chi connectivity index (χ2v) is 4.64. The van der Waals surface area contributed by atoms with E-state index < -0.39 is 0 Å². The molecule has 106 valence electrons. The van der Waals surface area contributed by atoms with Gasteiger partial charge in [-0.15, -0.1) is 0 Å². The van der Waals surface area contributed by atoms with E-state index in [-0.39, 0.29) is 17.8 Å². The number of carbonyl (C=O) groups is 1. The van der Waals surface area contributed by atoms with Gasteiger partial charge < -0.3 is 4.90 Å². The van der Waals surface area contributed by atoms with Crippen LogP contribution in [-0.2, 0) is 11.3 Å². The zero-order valence-electron chi connectivity index (χ0n) is 11.5. The Kier molecular flexibility index (Phi) is 4.45. The van der Waals surface area contributed by atoms with Gasteiger partial charge in [0, 0.05) is 13.5 Å². The molecule has 0 saturated carbocycles. The van der Waals surface area contributed by atoms with Gasteiger partial charge in [0.2, 0.25) is 5.91 Å². The average molecular weight is 276 g/mol. The molecular weight excluding hydrogens is 259 g/mol. The van der Waals surface area contributed by atoms with Crippen LogP contribution in [0.15, 0.2) is 36.9 Å². The first-order chi connectivity index (χ1) is 9.58. The summed E-state index contributed by atoms with van der Waals surface area (Å²) in [6.07, 6.45) is 3.37. The number of aromatic nitrogens is 3. The van der Waals surface area contributed by atoms with E-state index in [1.807, 2.05) is 6.92 Å². The quantitative estimate of drug-likeness (QED) is 0.839. The highest BCUT2D eigenvalue weighted by molar-refractivity contribution is 5.76. The summed E-state index contributed by atoms with van der Waals surface area (Å²) in [5, 5.41) is 3.95. The first-order valence-corrected chi connectivity index (χ1v) is 6.41. The molecule has 1 aromatic heterocycles. The van der Waals surface area contributed by atoms with E-state index in [0.717, 1.165) is 5.56 Å². The average Bonchev–Trinajstić information content (AvgIpc) is 2.97. The summed E-state index contributed by atoms with van der Waals surface area (Å²) >= 11 is 0. The molecule has 20 heavy (non-hydrogen) atoms. The van der Waals surface area contributed by atoms with Crippen LogP contribution in [0, 0.1) is 5.82 Å². The van der Waals surface area contributed by atoms with Crippen molar-refractivity contribution in [3.8, 4) is 0 Å². The summed E-state index contributed by atoms with van der Waals surface area (Å²) in [4.78, 5) is 17.6. The minimum atomic E-state index is -0.277. The van der Waals surface area contributed by atoms with Crippen molar-refractivity contribution in [2.24, 2.45) is 0 Å². The highest BCUT2D eigenvalue weighted by atomic mass is 19.1. The first kappa shape index (κ1) is 14.2. The molecule has 0 radical (unpaired) electrons. The second-order valence-electron chi connectivity index (χ2n) is 4.64. The molecule has 2 rings (SSSR count). The predicted molar refractivity (Wildman–Crippen MR) is 72.2 cm³/mol. The zero-order chi connectivity index (χ0) is 14.5. The van der Waals surface area contributed by atoms with Crippen LogP contribution >= 0.6 is 0 Å². The molecule has 0 N–H and O–H groups in total. The molecule has 0 spiro atoms. The molecule has 2 aromatic rings. The van der Waals surface area contributed by atoms with Crippen LogP contribution in [0.1, 0.15) is 24.9 Å². The third kappa shape index (κ3) is 3.40. The Morgan fingerprint density at radius 3 is 2.70 bits per heavy atom. The van der Waals surface area contributed by atoms with Crippen LogP contribution in [0.25, 0.3) is 0 Å². The fraction of sp³-hybridized carbons (Fsp3) is 0.357. The molecule has 1 atom stereocenters. The van der Waals surface area contributed by atoms with E-state index in [4.69, 9.17) is 0 Å². The third-order valence-corrected chi connectivity index (χ3v) is 3.35. The Bertz CT molecular complexity index is 553. The number of nitrogens with zero attached hydrogens (tertiary/aromatic N) is 4. The van der Waals surface area contributed by atoms with E-state index in [9.17, 15) is 9.18 Å². The lowest BCUT2D eigenvalue weighted by atomic mass is 10.1. The molecule has 0 aliphatic heterocycles. The van der Waals surface area contributed by atoms with Crippen molar-refractivity contribution >= 4 is 5.91 Å². The highest BCUT2D eigenvalue weighted by Gasteiger charge is 2.17. The van der Waals surface area contributed by atoms with Crippen LogP contribution in [-0.4, -0.2) is 32.6 Å². The van der Waals surface area contributed by atoms with Gasteiger partial charge in [-0.2, -0.15) is 5.10 Å². The lowest BCUT2D eigenvalue weighted by Gasteiger charge is -2.25. The number of hydrogen-bond acceptors (Lipinski definition) is 3. The Morgan fingerprint density at radius 2 is 2.10 bits per heavy atom. The number of hydrogen-bond donors (Lipinski definition) is 0. The molecule has 1 amide bonds.